The molecule has 9 nitrogen and oxygen atoms in total. The molecule has 38 heavy (non-hydrogen) atoms. The molecule has 1 fully saturated rings. The summed E-state index contributed by atoms with van der Waals surface area (Å²) in [7, 11) is -3.88. The first-order valence-corrected chi connectivity index (χ1v) is 23.3. The molecule has 0 aromatic rings. The van der Waals surface area contributed by atoms with Crippen LogP contribution in [0.5, 0.6) is 0 Å². The van der Waals surface area contributed by atoms with Crippen molar-refractivity contribution in [1.29, 1.82) is 0 Å². The number of nitrogens with zero attached hydrogens (tertiary/aromatic N) is 4. The van der Waals surface area contributed by atoms with Crippen LogP contribution < -0.4 is 5.32 Å². The van der Waals surface area contributed by atoms with Crippen molar-refractivity contribution in [3.05, 3.63) is 23.7 Å². The van der Waals surface area contributed by atoms with Gasteiger partial charge in [-0.3, -0.25) is 0 Å². The van der Waals surface area contributed by atoms with Crippen molar-refractivity contribution in [2.45, 2.75) is 80.8 Å². The molecule has 1 saturated carbocycles. The minimum absolute atomic E-state index is 0.185. The maximum Gasteiger partial charge on any atom is 0.217 e. The summed E-state index contributed by atoms with van der Waals surface area (Å²) >= 11 is 3.86. The standard InChI is InChI=1S/C25H50BrN5O4SSi2/c1-21(31(28-3)20-35-13-15-38(7,8)9)16-25(26)30(19-34-12-14-37(4,5)6)24-18-29(17-23(24)27-2)36(32,33)22-10-11-22/h22,25,27H,1,3,10-20H2,2,4-9H3. The fourth-order valence-corrected chi connectivity index (χ4v) is 7.89. The molecule has 13 heteroatoms. The van der Waals surface area contributed by atoms with Gasteiger partial charge in [0, 0.05) is 60.9 Å². The van der Waals surface area contributed by atoms with E-state index in [0.717, 1.165) is 42.0 Å². The Morgan fingerprint density at radius 3 is 2.13 bits per heavy atom. The molecule has 0 radical (unpaired) electrons. The maximum absolute atomic E-state index is 13.0. The van der Waals surface area contributed by atoms with Gasteiger partial charge in [0.2, 0.25) is 10.0 Å². The van der Waals surface area contributed by atoms with Gasteiger partial charge in [-0.05, 0) is 24.9 Å². The molecule has 0 bridgehead atoms. The molecular formula is C25H50BrN5O4SSi2. The van der Waals surface area contributed by atoms with Crippen molar-refractivity contribution in [3.8, 4) is 0 Å². The van der Waals surface area contributed by atoms with Gasteiger partial charge in [-0.1, -0.05) is 61.8 Å². The molecule has 0 amide bonds. The summed E-state index contributed by atoms with van der Waals surface area (Å²) in [5, 5.41) is 8.82. The van der Waals surface area contributed by atoms with Crippen LogP contribution in [0.4, 0.5) is 0 Å². The summed E-state index contributed by atoms with van der Waals surface area (Å²) in [5.74, 6) is 0. The molecule has 1 unspecified atom stereocenters. The Kier molecular flexibility index (Phi) is 12.6. The van der Waals surface area contributed by atoms with Gasteiger partial charge in [0.1, 0.15) is 13.5 Å². The van der Waals surface area contributed by atoms with Crippen molar-refractivity contribution < 1.29 is 17.9 Å². The molecule has 2 rings (SSSR count). The first-order valence-electron chi connectivity index (χ1n) is 13.5. The second-order valence-electron chi connectivity index (χ2n) is 12.6. The second kappa shape index (κ2) is 14.3. The van der Waals surface area contributed by atoms with E-state index in [0.29, 0.717) is 46.2 Å². The highest BCUT2D eigenvalue weighted by Gasteiger charge is 2.43. The Balaban J connectivity index is 2.12. The number of nitrogens with one attached hydrogen (secondary N) is 1. The van der Waals surface area contributed by atoms with Crippen LogP contribution in [-0.2, 0) is 19.5 Å². The number of halogens is 1. The smallest absolute Gasteiger partial charge is 0.217 e. The summed E-state index contributed by atoms with van der Waals surface area (Å²) in [4.78, 5) is 1.92. The summed E-state index contributed by atoms with van der Waals surface area (Å²) in [6.07, 6.45) is 2.03. The Bertz CT molecular complexity index is 948. The number of hydrogen-bond acceptors (Lipinski definition) is 8. The van der Waals surface area contributed by atoms with E-state index in [2.05, 4.69) is 83.8 Å². The largest absolute Gasteiger partial charge is 0.389 e. The lowest BCUT2D eigenvalue weighted by molar-refractivity contribution is 0.0396. The lowest BCUT2D eigenvalue weighted by Crippen LogP contribution is -2.39. The topological polar surface area (TPSA) is 86.7 Å². The van der Waals surface area contributed by atoms with E-state index < -0.39 is 26.2 Å². The quantitative estimate of drug-likeness (QED) is 0.0412. The van der Waals surface area contributed by atoms with Crippen molar-refractivity contribution in [2.75, 3.05) is 46.8 Å². The van der Waals surface area contributed by atoms with Crippen LogP contribution in [0, 0.1) is 0 Å². The van der Waals surface area contributed by atoms with Gasteiger partial charge in [-0.15, -0.1) is 0 Å². The van der Waals surface area contributed by atoms with Crippen LogP contribution in [0.25, 0.3) is 0 Å². The van der Waals surface area contributed by atoms with E-state index in [9.17, 15) is 8.42 Å². The predicted molar refractivity (Wildman–Crippen MR) is 167 cm³/mol. The molecule has 1 aliphatic heterocycles. The van der Waals surface area contributed by atoms with Gasteiger partial charge in [-0.2, -0.15) is 9.41 Å². The third kappa shape index (κ3) is 10.7. The van der Waals surface area contributed by atoms with E-state index in [1.807, 2.05) is 7.05 Å². The van der Waals surface area contributed by atoms with Crippen LogP contribution in [0.2, 0.25) is 51.4 Å². The molecule has 0 aromatic carbocycles. The molecule has 0 saturated heterocycles. The van der Waals surface area contributed by atoms with Gasteiger partial charge in [-0.25, -0.2) is 13.4 Å². The predicted octanol–water partition coefficient (Wildman–Crippen LogP) is 4.69. The molecule has 1 aliphatic carbocycles. The number of ether oxygens (including phenoxy) is 2. The van der Waals surface area contributed by atoms with Crippen molar-refractivity contribution in [3.63, 3.8) is 0 Å². The summed E-state index contributed by atoms with van der Waals surface area (Å²) < 4.78 is 39.7. The maximum atomic E-state index is 13.0. The lowest BCUT2D eigenvalue weighted by Gasteiger charge is -2.33. The number of hydrazone groups is 1. The van der Waals surface area contributed by atoms with Crippen molar-refractivity contribution in [1.82, 2.24) is 19.5 Å². The average Bonchev–Trinajstić information content (AvgIpc) is 3.57. The number of sulfonamides is 1. The zero-order chi connectivity index (χ0) is 28.7. The Morgan fingerprint density at radius 1 is 1.11 bits per heavy atom. The van der Waals surface area contributed by atoms with Gasteiger partial charge >= 0.3 is 0 Å². The Morgan fingerprint density at radius 2 is 1.66 bits per heavy atom. The van der Waals surface area contributed by atoms with Gasteiger partial charge < -0.3 is 19.7 Å². The molecule has 1 heterocycles. The molecule has 0 aromatic heterocycles. The van der Waals surface area contributed by atoms with E-state index >= 15 is 0 Å². The number of likely N-dealkylation sites (N-methyl/N-ethyl adjacent to an activating group) is 1. The fourth-order valence-electron chi connectivity index (χ4n) is 3.87. The van der Waals surface area contributed by atoms with Crippen LogP contribution in [0.1, 0.15) is 19.3 Å². The number of hydrogen-bond donors (Lipinski definition) is 1. The Labute approximate surface area is 241 Å². The molecule has 1 N–H and O–H groups in total. The number of alkyl halides is 1. The van der Waals surface area contributed by atoms with E-state index in [1.54, 1.807) is 9.31 Å². The van der Waals surface area contributed by atoms with Crippen molar-refractivity contribution >= 4 is 48.8 Å². The molecular weight excluding hydrogens is 602 g/mol. The van der Waals surface area contributed by atoms with Crippen molar-refractivity contribution in [2.24, 2.45) is 5.10 Å². The van der Waals surface area contributed by atoms with Crippen LogP contribution in [0.15, 0.2) is 28.8 Å². The minimum Gasteiger partial charge on any atom is -0.389 e. The van der Waals surface area contributed by atoms with Gasteiger partial charge in [0.25, 0.3) is 0 Å². The summed E-state index contributed by atoms with van der Waals surface area (Å²) in [6.45, 7) is 24.6. The normalized spacial score (nSPS) is 18.0. The third-order valence-corrected chi connectivity index (χ3v) is 13.2. The molecule has 0 spiro atoms. The van der Waals surface area contributed by atoms with E-state index in [4.69, 9.17) is 9.47 Å². The first kappa shape index (κ1) is 33.5. The SMILES string of the molecule is C=NN(COCC[Si](C)(C)C)C(=C)CC(Br)N(COCC[Si](C)(C)C)C1=C(NC)CN(S(=O)(=O)C2CC2)C1. The number of rotatable bonds is 19. The summed E-state index contributed by atoms with van der Waals surface area (Å²) in [5.41, 5.74) is 2.57. The molecule has 1 atom stereocenters. The third-order valence-electron chi connectivity index (χ3n) is 6.68. The van der Waals surface area contributed by atoms with Gasteiger partial charge in [0.05, 0.1) is 29.0 Å². The zero-order valence-electron chi connectivity index (χ0n) is 24.6. The van der Waals surface area contributed by atoms with E-state index in [1.165, 1.54) is 0 Å². The van der Waals surface area contributed by atoms with Crippen LogP contribution >= 0.6 is 15.9 Å². The second-order valence-corrected chi connectivity index (χ2v) is 27.1. The molecule has 2 aliphatic rings. The summed E-state index contributed by atoms with van der Waals surface area (Å²) in [6, 6.07) is 2.14. The van der Waals surface area contributed by atoms with Crippen LogP contribution in [0.3, 0.4) is 0 Å². The Hall–Kier alpha value is -0.706. The zero-order valence-corrected chi connectivity index (χ0v) is 29.0. The lowest BCUT2D eigenvalue weighted by atomic mass is 10.2. The first-order chi connectivity index (χ1) is 17.6. The van der Waals surface area contributed by atoms with E-state index in [-0.39, 0.29) is 10.2 Å². The van der Waals surface area contributed by atoms with Crippen LogP contribution in [-0.4, -0.2) is 103 Å². The molecule has 220 valence electrons. The minimum atomic E-state index is -3.30. The van der Waals surface area contributed by atoms with Gasteiger partial charge in [0.15, 0.2) is 0 Å². The monoisotopic (exact) mass is 651 g/mol. The highest BCUT2D eigenvalue weighted by Crippen LogP contribution is 2.35. The average molecular weight is 653 g/mol. The fraction of sp³-hybridized carbons (Fsp3) is 0.800. The highest BCUT2D eigenvalue weighted by molar-refractivity contribution is 9.09. The highest BCUT2D eigenvalue weighted by atomic mass is 79.9.